The van der Waals surface area contributed by atoms with Crippen LogP contribution in [0.5, 0.6) is 5.75 Å². The first-order valence-electron chi connectivity index (χ1n) is 5.85. The quantitative estimate of drug-likeness (QED) is 0.788. The van der Waals surface area contributed by atoms with Crippen LogP contribution < -0.4 is 4.74 Å². The average Bonchev–Trinajstić information content (AvgIpc) is 2.85. The molecule has 5 nitrogen and oxygen atoms in total. The van der Waals surface area contributed by atoms with E-state index in [4.69, 9.17) is 20.9 Å². The van der Waals surface area contributed by atoms with Gasteiger partial charge < -0.3 is 9.26 Å². The minimum Gasteiger partial charge on any atom is -0.483 e. The number of carbonyl (C=O) groups is 1. The highest BCUT2D eigenvalue weighted by atomic mass is 35.5. The average molecular weight is 281 g/mol. The highest BCUT2D eigenvalue weighted by Crippen LogP contribution is 2.24. The number of aryl methyl sites for hydroxylation is 1. The smallest absolute Gasteiger partial charge is 0.264 e. The van der Waals surface area contributed by atoms with Crippen molar-refractivity contribution in [3.63, 3.8) is 0 Å². The van der Waals surface area contributed by atoms with E-state index in [2.05, 4.69) is 10.1 Å². The third-order valence-corrected chi connectivity index (χ3v) is 2.73. The summed E-state index contributed by atoms with van der Waals surface area (Å²) in [5.41, 5.74) is 0.433. The molecule has 0 fully saturated rings. The fraction of sp³-hybridized carbons (Fsp3) is 0.308. The topological polar surface area (TPSA) is 65.2 Å². The molecule has 1 aromatic heterocycles. The first-order chi connectivity index (χ1) is 9.10. The number of carbonyl (C=O) groups excluding carboxylic acids is 1. The highest BCUT2D eigenvalue weighted by Gasteiger charge is 2.11. The molecule has 0 saturated heterocycles. The largest absolute Gasteiger partial charge is 0.483 e. The lowest BCUT2D eigenvalue weighted by atomic mass is 10.1. The summed E-state index contributed by atoms with van der Waals surface area (Å²) in [6.07, 6.45) is 0.698. The molecule has 0 aliphatic rings. The molecule has 1 aromatic carbocycles. The second-order valence-corrected chi connectivity index (χ2v) is 4.38. The van der Waals surface area contributed by atoms with Gasteiger partial charge in [-0.3, -0.25) is 4.79 Å². The summed E-state index contributed by atoms with van der Waals surface area (Å²) >= 11 is 5.85. The van der Waals surface area contributed by atoms with Gasteiger partial charge in [0, 0.05) is 11.4 Å². The van der Waals surface area contributed by atoms with Crippen LogP contribution in [0.3, 0.4) is 0 Å². The SMILES string of the molecule is CCc1noc(COc2ccc(Cl)cc2C(C)=O)n1. The van der Waals surface area contributed by atoms with Crippen molar-refractivity contribution in [3.8, 4) is 5.75 Å². The Labute approximate surface area is 115 Å². The summed E-state index contributed by atoms with van der Waals surface area (Å²) in [5.74, 6) is 1.34. The van der Waals surface area contributed by atoms with E-state index in [0.717, 1.165) is 0 Å². The van der Waals surface area contributed by atoms with Crippen LogP contribution in [0.1, 0.15) is 35.9 Å². The Balaban J connectivity index is 2.12. The van der Waals surface area contributed by atoms with E-state index in [9.17, 15) is 4.79 Å². The molecule has 0 N–H and O–H groups in total. The predicted molar refractivity (Wildman–Crippen MR) is 69.5 cm³/mol. The van der Waals surface area contributed by atoms with E-state index in [1.807, 2.05) is 6.92 Å². The molecule has 0 saturated carbocycles. The lowest BCUT2D eigenvalue weighted by Gasteiger charge is -2.07. The Kier molecular flexibility index (Phi) is 4.16. The van der Waals surface area contributed by atoms with E-state index in [1.54, 1.807) is 18.2 Å². The van der Waals surface area contributed by atoms with Crippen LogP contribution in [-0.2, 0) is 13.0 Å². The van der Waals surface area contributed by atoms with Gasteiger partial charge in [-0.15, -0.1) is 0 Å². The number of ketones is 1. The summed E-state index contributed by atoms with van der Waals surface area (Å²) in [5, 5.41) is 4.25. The Bertz CT molecular complexity index is 595. The number of hydrogen-bond donors (Lipinski definition) is 0. The Hall–Kier alpha value is -1.88. The van der Waals surface area contributed by atoms with Gasteiger partial charge in [-0.25, -0.2) is 0 Å². The molecule has 100 valence electrons. The molecule has 0 spiro atoms. The Morgan fingerprint density at radius 1 is 1.47 bits per heavy atom. The van der Waals surface area contributed by atoms with Crippen LogP contribution in [-0.4, -0.2) is 15.9 Å². The van der Waals surface area contributed by atoms with E-state index < -0.39 is 0 Å². The van der Waals surface area contributed by atoms with Gasteiger partial charge >= 0.3 is 0 Å². The van der Waals surface area contributed by atoms with E-state index >= 15 is 0 Å². The third kappa shape index (κ3) is 3.32. The lowest BCUT2D eigenvalue weighted by Crippen LogP contribution is -2.02. The number of nitrogens with zero attached hydrogens (tertiary/aromatic N) is 2. The van der Waals surface area contributed by atoms with Crippen LogP contribution in [0.15, 0.2) is 22.7 Å². The molecule has 6 heteroatoms. The van der Waals surface area contributed by atoms with Gasteiger partial charge in [0.05, 0.1) is 5.56 Å². The highest BCUT2D eigenvalue weighted by molar-refractivity contribution is 6.31. The maximum absolute atomic E-state index is 11.5. The Morgan fingerprint density at radius 3 is 2.89 bits per heavy atom. The zero-order valence-electron chi connectivity index (χ0n) is 10.6. The van der Waals surface area contributed by atoms with Crippen molar-refractivity contribution in [2.75, 3.05) is 0 Å². The van der Waals surface area contributed by atoms with Gasteiger partial charge in [0.15, 0.2) is 18.2 Å². The first kappa shape index (κ1) is 13.5. The van der Waals surface area contributed by atoms with Gasteiger partial charge in [0.2, 0.25) is 0 Å². The second kappa shape index (κ2) is 5.84. The van der Waals surface area contributed by atoms with Crippen LogP contribution in [0.25, 0.3) is 0 Å². The zero-order valence-corrected chi connectivity index (χ0v) is 11.4. The minimum absolute atomic E-state index is 0.114. The van der Waals surface area contributed by atoms with Gasteiger partial charge in [-0.2, -0.15) is 4.98 Å². The van der Waals surface area contributed by atoms with Crippen LogP contribution >= 0.6 is 11.6 Å². The van der Waals surface area contributed by atoms with Crippen molar-refractivity contribution in [2.45, 2.75) is 26.9 Å². The lowest BCUT2D eigenvalue weighted by molar-refractivity contribution is 0.101. The third-order valence-electron chi connectivity index (χ3n) is 2.50. The van der Waals surface area contributed by atoms with E-state index in [1.165, 1.54) is 6.92 Å². The van der Waals surface area contributed by atoms with Crippen LogP contribution in [0, 0.1) is 0 Å². The minimum atomic E-state index is -0.114. The molecular formula is C13H13ClN2O3. The summed E-state index contributed by atoms with van der Waals surface area (Å²) in [6.45, 7) is 3.51. The fourth-order valence-corrected chi connectivity index (χ4v) is 1.71. The maximum Gasteiger partial charge on any atom is 0.264 e. The number of hydrogen-bond acceptors (Lipinski definition) is 5. The molecule has 1 heterocycles. The van der Waals surface area contributed by atoms with Crippen molar-refractivity contribution in [1.29, 1.82) is 0 Å². The summed E-state index contributed by atoms with van der Waals surface area (Å²) < 4.78 is 10.5. The van der Waals surface area contributed by atoms with Crippen molar-refractivity contribution in [3.05, 3.63) is 40.5 Å². The summed E-state index contributed by atoms with van der Waals surface area (Å²) in [4.78, 5) is 15.6. The molecule has 0 aliphatic carbocycles. The van der Waals surface area contributed by atoms with E-state index in [-0.39, 0.29) is 12.4 Å². The normalized spacial score (nSPS) is 10.5. The molecule has 0 radical (unpaired) electrons. The fourth-order valence-electron chi connectivity index (χ4n) is 1.54. The number of halogens is 1. The van der Waals surface area contributed by atoms with Crippen molar-refractivity contribution in [2.24, 2.45) is 0 Å². The molecule has 2 aromatic rings. The molecule has 0 amide bonds. The van der Waals surface area contributed by atoms with Gasteiger partial charge in [-0.1, -0.05) is 23.7 Å². The number of Topliss-reactive ketones (excluding diaryl/α,β-unsaturated/α-hetero) is 1. The molecule has 0 atom stereocenters. The van der Waals surface area contributed by atoms with Gasteiger partial charge in [0.25, 0.3) is 5.89 Å². The van der Waals surface area contributed by atoms with Crippen molar-refractivity contribution in [1.82, 2.24) is 10.1 Å². The number of rotatable bonds is 5. The number of ether oxygens (including phenoxy) is 1. The standard InChI is InChI=1S/C13H13ClN2O3/c1-3-12-15-13(19-16-12)7-18-11-5-4-9(14)6-10(11)8(2)17/h4-6H,3,7H2,1-2H3. The molecule has 0 aliphatic heterocycles. The summed E-state index contributed by atoms with van der Waals surface area (Å²) in [6, 6.07) is 4.88. The predicted octanol–water partition coefficient (Wildman–Crippen LogP) is 3.07. The van der Waals surface area contributed by atoms with Crippen molar-refractivity contribution < 1.29 is 14.1 Å². The Morgan fingerprint density at radius 2 is 2.26 bits per heavy atom. The van der Waals surface area contributed by atoms with Gasteiger partial charge in [0.1, 0.15) is 5.75 Å². The maximum atomic E-state index is 11.5. The zero-order chi connectivity index (χ0) is 13.8. The van der Waals surface area contributed by atoms with Gasteiger partial charge in [-0.05, 0) is 25.1 Å². The van der Waals surface area contributed by atoms with E-state index in [0.29, 0.717) is 34.5 Å². The van der Waals surface area contributed by atoms with Crippen LogP contribution in [0.2, 0.25) is 5.02 Å². The van der Waals surface area contributed by atoms with Crippen molar-refractivity contribution >= 4 is 17.4 Å². The molecular weight excluding hydrogens is 268 g/mol. The first-order valence-corrected chi connectivity index (χ1v) is 6.22. The van der Waals surface area contributed by atoms with Crippen LogP contribution in [0.4, 0.5) is 0 Å². The molecule has 0 bridgehead atoms. The number of benzene rings is 1. The number of aromatic nitrogens is 2. The molecule has 0 unspecified atom stereocenters. The summed E-state index contributed by atoms with van der Waals surface area (Å²) in [7, 11) is 0. The molecule has 2 rings (SSSR count). The second-order valence-electron chi connectivity index (χ2n) is 3.94. The monoisotopic (exact) mass is 280 g/mol. The molecule has 19 heavy (non-hydrogen) atoms.